The summed E-state index contributed by atoms with van der Waals surface area (Å²) in [5.41, 5.74) is 3.42. The van der Waals surface area contributed by atoms with E-state index in [0.29, 0.717) is 44.4 Å². The Labute approximate surface area is 163 Å². The minimum atomic E-state index is 0.0498. The van der Waals surface area contributed by atoms with Crippen LogP contribution in [0.25, 0.3) is 0 Å². The van der Waals surface area contributed by atoms with Gasteiger partial charge in [0.25, 0.3) is 0 Å². The van der Waals surface area contributed by atoms with Crippen molar-refractivity contribution in [3.63, 3.8) is 0 Å². The third-order valence-corrected chi connectivity index (χ3v) is 4.37. The van der Waals surface area contributed by atoms with E-state index in [2.05, 4.69) is 52.4 Å². The van der Waals surface area contributed by atoms with Crippen molar-refractivity contribution in [2.45, 2.75) is 20.1 Å². The van der Waals surface area contributed by atoms with E-state index in [1.165, 1.54) is 5.56 Å². The van der Waals surface area contributed by atoms with Crippen molar-refractivity contribution in [1.82, 2.24) is 5.32 Å². The van der Waals surface area contributed by atoms with Gasteiger partial charge in [-0.1, -0.05) is 29.8 Å². The summed E-state index contributed by atoms with van der Waals surface area (Å²) in [5.74, 6) is 1.39. The zero-order valence-corrected chi connectivity index (χ0v) is 16.8. The van der Waals surface area contributed by atoms with E-state index in [1.807, 2.05) is 12.1 Å². The molecule has 0 saturated carbocycles. The first-order chi connectivity index (χ1) is 12.6. The fraction of sp³-hybridized carbons (Fsp3) is 0.400. The molecule has 0 atom stereocenters. The molecule has 0 radical (unpaired) electrons. The van der Waals surface area contributed by atoms with Crippen molar-refractivity contribution < 1.29 is 19.3 Å². The van der Waals surface area contributed by atoms with Crippen LogP contribution in [0.2, 0.25) is 0 Å². The fourth-order valence-electron chi connectivity index (χ4n) is 2.40. The molecule has 0 bridgehead atoms. The lowest BCUT2D eigenvalue weighted by atomic mass is 10.1. The Morgan fingerprint density at radius 1 is 1.08 bits per heavy atom. The highest BCUT2D eigenvalue weighted by atomic mass is 79.9. The van der Waals surface area contributed by atoms with Gasteiger partial charge in [-0.15, -0.1) is 0 Å². The molecule has 0 aromatic heterocycles. The van der Waals surface area contributed by atoms with Crippen molar-refractivity contribution >= 4 is 15.9 Å². The van der Waals surface area contributed by atoms with Gasteiger partial charge < -0.3 is 24.6 Å². The largest absolute Gasteiger partial charge is 0.493 e. The number of hydrogen-bond acceptors (Lipinski definition) is 5. The third kappa shape index (κ3) is 6.61. The summed E-state index contributed by atoms with van der Waals surface area (Å²) in [5, 5.41) is 12.0. The van der Waals surface area contributed by atoms with Gasteiger partial charge in [-0.3, -0.25) is 0 Å². The molecule has 0 aliphatic heterocycles. The molecule has 0 heterocycles. The molecule has 26 heavy (non-hydrogen) atoms. The first kappa shape index (κ1) is 20.7. The molecule has 0 unspecified atom stereocenters. The molecule has 0 spiro atoms. The van der Waals surface area contributed by atoms with Crippen LogP contribution in [0.1, 0.15) is 16.7 Å². The standard InChI is InChI=1S/C20H26BrNO4/c1-15-3-5-16(6-4-15)14-26-20-18(21)11-17(12-19(20)24-2)13-22-7-9-25-10-8-23/h3-6,11-12,22-23H,7-10,13-14H2,1-2H3. The number of aliphatic hydroxyl groups is 1. The smallest absolute Gasteiger partial charge is 0.175 e. The van der Waals surface area contributed by atoms with Gasteiger partial charge in [0.05, 0.1) is 31.4 Å². The van der Waals surface area contributed by atoms with Gasteiger partial charge in [0.1, 0.15) is 6.61 Å². The number of hydrogen-bond donors (Lipinski definition) is 2. The molecule has 0 amide bonds. The van der Waals surface area contributed by atoms with Crippen LogP contribution >= 0.6 is 15.9 Å². The van der Waals surface area contributed by atoms with E-state index >= 15 is 0 Å². The lowest BCUT2D eigenvalue weighted by Crippen LogP contribution is -2.20. The lowest BCUT2D eigenvalue weighted by molar-refractivity contribution is 0.0938. The first-order valence-corrected chi connectivity index (χ1v) is 9.37. The summed E-state index contributed by atoms with van der Waals surface area (Å²) in [4.78, 5) is 0. The SMILES string of the molecule is COc1cc(CNCCOCCO)cc(Br)c1OCc1ccc(C)cc1. The Bertz CT molecular complexity index is 676. The van der Waals surface area contributed by atoms with E-state index in [-0.39, 0.29) is 6.61 Å². The Kier molecular flexibility index (Phi) is 8.91. The molecule has 0 fully saturated rings. The molecule has 0 aliphatic carbocycles. The summed E-state index contributed by atoms with van der Waals surface area (Å²) in [6, 6.07) is 12.3. The zero-order valence-electron chi connectivity index (χ0n) is 15.3. The fourth-order valence-corrected chi connectivity index (χ4v) is 3.00. The van der Waals surface area contributed by atoms with E-state index < -0.39 is 0 Å². The average molecular weight is 424 g/mol. The minimum Gasteiger partial charge on any atom is -0.493 e. The maximum atomic E-state index is 8.67. The second-order valence-electron chi connectivity index (χ2n) is 5.90. The zero-order chi connectivity index (χ0) is 18.8. The molecule has 6 heteroatoms. The number of methoxy groups -OCH3 is 1. The molecular weight excluding hydrogens is 398 g/mol. The third-order valence-electron chi connectivity index (χ3n) is 3.78. The van der Waals surface area contributed by atoms with Crippen molar-refractivity contribution in [3.05, 3.63) is 57.6 Å². The van der Waals surface area contributed by atoms with Crippen molar-refractivity contribution in [2.75, 3.05) is 33.5 Å². The number of benzene rings is 2. The number of rotatable bonds is 11. The second-order valence-corrected chi connectivity index (χ2v) is 6.75. The van der Waals surface area contributed by atoms with Gasteiger partial charge >= 0.3 is 0 Å². The quantitative estimate of drug-likeness (QED) is 0.542. The van der Waals surface area contributed by atoms with Crippen LogP contribution in [0.3, 0.4) is 0 Å². The van der Waals surface area contributed by atoms with Crippen LogP contribution in [0.5, 0.6) is 11.5 Å². The van der Waals surface area contributed by atoms with Crippen LogP contribution in [0.4, 0.5) is 0 Å². The van der Waals surface area contributed by atoms with Crippen molar-refractivity contribution in [3.8, 4) is 11.5 Å². The summed E-state index contributed by atoms with van der Waals surface area (Å²) in [6.07, 6.45) is 0. The number of aliphatic hydroxyl groups excluding tert-OH is 1. The van der Waals surface area contributed by atoms with Crippen LogP contribution < -0.4 is 14.8 Å². The molecule has 2 aromatic rings. The number of halogens is 1. The highest BCUT2D eigenvalue weighted by Gasteiger charge is 2.12. The van der Waals surface area contributed by atoms with Gasteiger partial charge in [0, 0.05) is 13.1 Å². The first-order valence-electron chi connectivity index (χ1n) is 8.58. The Morgan fingerprint density at radius 2 is 1.85 bits per heavy atom. The highest BCUT2D eigenvalue weighted by Crippen LogP contribution is 2.37. The van der Waals surface area contributed by atoms with Crippen molar-refractivity contribution in [2.24, 2.45) is 0 Å². The highest BCUT2D eigenvalue weighted by molar-refractivity contribution is 9.10. The minimum absolute atomic E-state index is 0.0498. The van der Waals surface area contributed by atoms with Crippen LogP contribution in [0, 0.1) is 6.92 Å². The predicted molar refractivity (Wildman–Crippen MR) is 106 cm³/mol. The van der Waals surface area contributed by atoms with Gasteiger partial charge in [-0.2, -0.15) is 0 Å². The van der Waals surface area contributed by atoms with Crippen LogP contribution in [-0.4, -0.2) is 38.6 Å². The molecule has 2 aromatic carbocycles. The lowest BCUT2D eigenvalue weighted by Gasteiger charge is -2.15. The van der Waals surface area contributed by atoms with Crippen LogP contribution in [0.15, 0.2) is 40.9 Å². The Morgan fingerprint density at radius 3 is 2.54 bits per heavy atom. The number of ether oxygens (including phenoxy) is 3. The Balaban J connectivity index is 1.94. The normalized spacial score (nSPS) is 10.8. The Hall–Kier alpha value is -1.60. The van der Waals surface area contributed by atoms with E-state index in [1.54, 1.807) is 7.11 Å². The van der Waals surface area contributed by atoms with Gasteiger partial charge in [-0.05, 0) is 46.1 Å². The van der Waals surface area contributed by atoms with Gasteiger partial charge in [-0.25, -0.2) is 0 Å². The summed E-state index contributed by atoms with van der Waals surface area (Å²) >= 11 is 3.58. The summed E-state index contributed by atoms with van der Waals surface area (Å²) < 4.78 is 17.6. The summed E-state index contributed by atoms with van der Waals surface area (Å²) in [6.45, 7) is 4.94. The monoisotopic (exact) mass is 423 g/mol. The molecule has 142 valence electrons. The van der Waals surface area contributed by atoms with E-state index in [4.69, 9.17) is 19.3 Å². The molecule has 5 nitrogen and oxygen atoms in total. The van der Waals surface area contributed by atoms with Crippen LogP contribution in [-0.2, 0) is 17.9 Å². The molecule has 2 rings (SSSR count). The maximum absolute atomic E-state index is 8.67. The van der Waals surface area contributed by atoms with E-state index in [9.17, 15) is 0 Å². The summed E-state index contributed by atoms with van der Waals surface area (Å²) in [7, 11) is 1.64. The van der Waals surface area contributed by atoms with Gasteiger partial charge in [0.15, 0.2) is 11.5 Å². The topological polar surface area (TPSA) is 60.0 Å². The molecule has 0 aliphatic rings. The second kappa shape index (κ2) is 11.2. The molecular formula is C20H26BrNO4. The predicted octanol–water partition coefficient (Wildman–Crippen LogP) is 3.44. The number of aryl methyl sites for hydroxylation is 1. The molecule has 0 saturated heterocycles. The number of nitrogens with one attached hydrogen (secondary N) is 1. The van der Waals surface area contributed by atoms with Gasteiger partial charge in [0.2, 0.25) is 0 Å². The van der Waals surface area contributed by atoms with E-state index in [0.717, 1.165) is 15.6 Å². The average Bonchev–Trinajstić information content (AvgIpc) is 2.64. The van der Waals surface area contributed by atoms with Crippen molar-refractivity contribution in [1.29, 1.82) is 0 Å². The maximum Gasteiger partial charge on any atom is 0.175 e. The molecule has 2 N–H and O–H groups in total.